The first-order chi connectivity index (χ1) is 17.7. The molecule has 1 aromatic carbocycles. The third-order valence-corrected chi connectivity index (χ3v) is 7.10. The number of hydrogen-bond acceptors (Lipinski definition) is 8. The van der Waals surface area contributed by atoms with Gasteiger partial charge in [0, 0.05) is 62.9 Å². The molecule has 4 aromatic rings. The highest BCUT2D eigenvalue weighted by atomic mass is 16.2. The highest BCUT2D eigenvalue weighted by molar-refractivity contribution is 6.07. The minimum atomic E-state index is -0.279. The Bertz CT molecular complexity index is 1320. The third-order valence-electron chi connectivity index (χ3n) is 7.10. The van der Waals surface area contributed by atoms with Crippen molar-refractivity contribution in [1.29, 1.82) is 0 Å². The molecule has 0 saturated carbocycles. The fourth-order valence-corrected chi connectivity index (χ4v) is 5.14. The Kier molecular flexibility index (Phi) is 6.22. The summed E-state index contributed by atoms with van der Waals surface area (Å²) in [4.78, 5) is 29.6. The molecule has 2 aliphatic heterocycles. The highest BCUT2D eigenvalue weighted by Crippen LogP contribution is 2.26. The number of amides is 1. The van der Waals surface area contributed by atoms with Gasteiger partial charge < -0.3 is 25.8 Å². The molecule has 186 valence electrons. The van der Waals surface area contributed by atoms with Crippen molar-refractivity contribution in [3.63, 3.8) is 0 Å². The van der Waals surface area contributed by atoms with Crippen molar-refractivity contribution in [2.45, 2.75) is 18.9 Å². The van der Waals surface area contributed by atoms with Gasteiger partial charge in [0.05, 0.1) is 17.3 Å². The first-order valence-electron chi connectivity index (χ1n) is 12.4. The molecule has 11 nitrogen and oxygen atoms in total. The monoisotopic (exact) mass is 486 g/mol. The van der Waals surface area contributed by atoms with Gasteiger partial charge in [-0.2, -0.15) is 5.10 Å². The molecule has 1 amide bonds. The molecule has 2 aliphatic rings. The Morgan fingerprint density at radius 3 is 2.61 bits per heavy atom. The SMILES string of the molecule is O=C(Nc1ccc(N2CCC(N3CCNCC3)CC2)cc1)c1[nH]ncc1Nc1ncnc2[nH]ccc12. The smallest absolute Gasteiger partial charge is 0.275 e. The second kappa shape index (κ2) is 9.96. The third kappa shape index (κ3) is 4.62. The number of rotatable bonds is 6. The summed E-state index contributed by atoms with van der Waals surface area (Å²) in [5.74, 6) is 0.320. The van der Waals surface area contributed by atoms with Gasteiger partial charge in [-0.3, -0.25) is 14.8 Å². The van der Waals surface area contributed by atoms with Gasteiger partial charge >= 0.3 is 0 Å². The van der Waals surface area contributed by atoms with Crippen molar-refractivity contribution < 1.29 is 4.79 Å². The van der Waals surface area contributed by atoms with Crippen molar-refractivity contribution in [2.24, 2.45) is 0 Å². The van der Waals surface area contributed by atoms with Gasteiger partial charge in [0.25, 0.3) is 5.91 Å². The number of anilines is 4. The maximum atomic E-state index is 13.0. The molecule has 5 heterocycles. The fourth-order valence-electron chi connectivity index (χ4n) is 5.14. The lowest BCUT2D eigenvalue weighted by atomic mass is 10.0. The van der Waals surface area contributed by atoms with E-state index < -0.39 is 0 Å². The van der Waals surface area contributed by atoms with Crippen molar-refractivity contribution in [1.82, 2.24) is 35.4 Å². The first-order valence-corrected chi connectivity index (χ1v) is 12.4. The zero-order valence-electron chi connectivity index (χ0n) is 20.0. The molecule has 2 fully saturated rings. The van der Waals surface area contributed by atoms with E-state index in [9.17, 15) is 4.79 Å². The minimum absolute atomic E-state index is 0.279. The van der Waals surface area contributed by atoms with E-state index in [4.69, 9.17) is 0 Å². The standard InChI is InChI=1S/C25H30N10O/c36-25(22-21(15-30-33-22)32-24-20-5-8-27-23(20)28-16-29-24)31-17-1-3-18(4-2-17)34-11-6-19(7-12-34)35-13-9-26-10-14-35/h1-5,8,15-16,19,26H,6-7,9-14H2,(H,30,33)(H,31,36)(H2,27,28,29,32). The molecule has 5 N–H and O–H groups in total. The van der Waals surface area contributed by atoms with Crippen molar-refractivity contribution in [2.75, 3.05) is 54.8 Å². The largest absolute Gasteiger partial charge is 0.371 e. The van der Waals surface area contributed by atoms with Gasteiger partial charge in [-0.1, -0.05) is 0 Å². The summed E-state index contributed by atoms with van der Waals surface area (Å²) in [6.45, 7) is 6.62. The summed E-state index contributed by atoms with van der Waals surface area (Å²) in [6.07, 6.45) is 7.22. The van der Waals surface area contributed by atoms with Crippen LogP contribution in [0.3, 0.4) is 0 Å². The van der Waals surface area contributed by atoms with Crippen LogP contribution < -0.4 is 20.9 Å². The number of nitrogens with one attached hydrogen (secondary N) is 5. The summed E-state index contributed by atoms with van der Waals surface area (Å²) in [6, 6.07) is 10.6. The Balaban J connectivity index is 1.07. The second-order valence-electron chi connectivity index (χ2n) is 9.25. The lowest BCUT2D eigenvalue weighted by Gasteiger charge is -2.41. The summed E-state index contributed by atoms with van der Waals surface area (Å²) in [7, 11) is 0. The van der Waals surface area contributed by atoms with Crippen LogP contribution >= 0.6 is 0 Å². The lowest BCUT2D eigenvalue weighted by molar-refractivity contribution is 0.102. The van der Waals surface area contributed by atoms with Crippen LogP contribution in [0.4, 0.5) is 22.9 Å². The van der Waals surface area contributed by atoms with Gasteiger partial charge in [0.2, 0.25) is 0 Å². The Labute approximate surface area is 208 Å². The number of hydrogen-bond donors (Lipinski definition) is 5. The van der Waals surface area contributed by atoms with E-state index in [1.807, 2.05) is 18.2 Å². The lowest BCUT2D eigenvalue weighted by Crippen LogP contribution is -2.52. The maximum absolute atomic E-state index is 13.0. The van der Waals surface area contributed by atoms with Crippen LogP contribution in [0.1, 0.15) is 23.3 Å². The quantitative estimate of drug-likeness (QED) is 0.281. The van der Waals surface area contributed by atoms with E-state index in [0.29, 0.717) is 23.2 Å². The molecule has 0 unspecified atom stereocenters. The average Bonchev–Trinajstić information content (AvgIpc) is 3.60. The van der Waals surface area contributed by atoms with Gasteiger partial charge in [-0.15, -0.1) is 0 Å². The van der Waals surface area contributed by atoms with E-state index in [2.05, 4.69) is 63.0 Å². The van der Waals surface area contributed by atoms with Gasteiger partial charge in [0.15, 0.2) is 0 Å². The van der Waals surface area contributed by atoms with Crippen LogP contribution in [0.15, 0.2) is 49.1 Å². The van der Waals surface area contributed by atoms with E-state index in [1.165, 1.54) is 24.9 Å². The number of carbonyl (C=O) groups is 1. The number of nitrogens with zero attached hydrogens (tertiary/aromatic N) is 5. The summed E-state index contributed by atoms with van der Waals surface area (Å²) in [5, 5.41) is 17.3. The molecule has 0 bridgehead atoms. The minimum Gasteiger partial charge on any atom is -0.371 e. The Morgan fingerprint density at radius 2 is 1.81 bits per heavy atom. The number of fused-ring (bicyclic) bond motifs is 1. The van der Waals surface area contributed by atoms with E-state index in [-0.39, 0.29) is 5.91 Å². The number of H-pyrrole nitrogens is 2. The number of aromatic nitrogens is 5. The van der Waals surface area contributed by atoms with Gasteiger partial charge in [0.1, 0.15) is 23.5 Å². The Hall–Kier alpha value is -3.96. The molecular weight excluding hydrogens is 456 g/mol. The Morgan fingerprint density at radius 1 is 1.00 bits per heavy atom. The summed E-state index contributed by atoms with van der Waals surface area (Å²) < 4.78 is 0. The predicted octanol–water partition coefficient (Wildman–Crippen LogP) is 2.55. The summed E-state index contributed by atoms with van der Waals surface area (Å²) in [5.41, 5.74) is 3.51. The van der Waals surface area contributed by atoms with E-state index in [0.717, 1.165) is 56.0 Å². The topological polar surface area (TPSA) is 130 Å². The van der Waals surface area contributed by atoms with Crippen molar-refractivity contribution in [3.05, 3.63) is 54.7 Å². The molecule has 0 aliphatic carbocycles. The first kappa shape index (κ1) is 22.5. The van der Waals surface area contributed by atoms with E-state index in [1.54, 1.807) is 12.4 Å². The van der Waals surface area contributed by atoms with E-state index >= 15 is 0 Å². The normalized spacial score (nSPS) is 17.4. The highest BCUT2D eigenvalue weighted by Gasteiger charge is 2.25. The van der Waals surface area contributed by atoms with Crippen LogP contribution in [-0.4, -0.2) is 81.3 Å². The fraction of sp³-hybridized carbons (Fsp3) is 0.360. The van der Waals surface area contributed by atoms with Crippen LogP contribution in [0.25, 0.3) is 11.0 Å². The molecule has 3 aromatic heterocycles. The van der Waals surface area contributed by atoms with Crippen LogP contribution in [0, 0.1) is 0 Å². The van der Waals surface area contributed by atoms with Crippen molar-refractivity contribution in [3.8, 4) is 0 Å². The molecule has 0 spiro atoms. The molecule has 6 rings (SSSR count). The summed E-state index contributed by atoms with van der Waals surface area (Å²) >= 11 is 0. The molecular formula is C25H30N10O. The van der Waals surface area contributed by atoms with Gasteiger partial charge in [-0.25, -0.2) is 9.97 Å². The number of carbonyl (C=O) groups excluding carboxylic acids is 1. The average molecular weight is 487 g/mol. The molecule has 36 heavy (non-hydrogen) atoms. The van der Waals surface area contributed by atoms with Crippen LogP contribution in [-0.2, 0) is 0 Å². The second-order valence-corrected chi connectivity index (χ2v) is 9.25. The maximum Gasteiger partial charge on any atom is 0.275 e. The van der Waals surface area contributed by atoms with Crippen molar-refractivity contribution >= 4 is 39.8 Å². The number of aromatic amines is 2. The predicted molar refractivity (Wildman–Crippen MR) is 140 cm³/mol. The number of benzene rings is 1. The zero-order valence-corrected chi connectivity index (χ0v) is 20.0. The molecule has 0 atom stereocenters. The number of piperazine rings is 1. The van der Waals surface area contributed by atoms with Crippen LogP contribution in [0.2, 0.25) is 0 Å². The molecule has 0 radical (unpaired) electrons. The van der Waals surface area contributed by atoms with Gasteiger partial charge in [-0.05, 0) is 43.2 Å². The number of piperidine rings is 1. The van der Waals surface area contributed by atoms with Crippen LogP contribution in [0.5, 0.6) is 0 Å². The molecule has 2 saturated heterocycles. The molecule has 11 heteroatoms. The zero-order chi connectivity index (χ0) is 24.3.